The van der Waals surface area contributed by atoms with E-state index in [-0.39, 0.29) is 11.9 Å². The molecule has 1 amide bonds. The van der Waals surface area contributed by atoms with Crippen molar-refractivity contribution in [3.63, 3.8) is 0 Å². The Kier molecular flexibility index (Phi) is 6.74. The highest BCUT2D eigenvalue weighted by Gasteiger charge is 2.33. The Balaban J connectivity index is 1.43. The Bertz CT molecular complexity index is 1080. The zero-order valence-corrected chi connectivity index (χ0v) is 20.2. The maximum absolute atomic E-state index is 12.4. The van der Waals surface area contributed by atoms with E-state index in [0.717, 1.165) is 50.2 Å². The first-order valence-electron chi connectivity index (χ1n) is 12.3. The van der Waals surface area contributed by atoms with Crippen LogP contribution in [0.1, 0.15) is 52.6 Å². The molecule has 1 aliphatic carbocycles. The molecule has 1 unspecified atom stereocenters. The number of carbonyl (C=O) groups is 1. The number of carbonyl (C=O) groups excluding carboxylic acids is 1. The second-order valence-electron chi connectivity index (χ2n) is 9.68. The van der Waals surface area contributed by atoms with Crippen LogP contribution in [0, 0.1) is 0 Å². The van der Waals surface area contributed by atoms with Crippen molar-refractivity contribution in [1.82, 2.24) is 29.5 Å². The molecule has 1 saturated heterocycles. The van der Waals surface area contributed by atoms with Crippen LogP contribution in [0.5, 0.6) is 0 Å². The van der Waals surface area contributed by atoms with Gasteiger partial charge in [0.2, 0.25) is 0 Å². The van der Waals surface area contributed by atoms with E-state index in [1.54, 1.807) is 19.0 Å². The van der Waals surface area contributed by atoms with Gasteiger partial charge in [-0.2, -0.15) is 0 Å². The Labute approximate surface area is 202 Å². The first-order chi connectivity index (χ1) is 16.6. The fourth-order valence-electron chi connectivity index (χ4n) is 5.08. The van der Waals surface area contributed by atoms with Gasteiger partial charge >= 0.3 is 0 Å². The molecule has 1 saturated carbocycles. The fraction of sp³-hybridized carbons (Fsp3) is 0.444. The molecular formula is C27H34N6O. The number of amides is 1. The van der Waals surface area contributed by atoms with Gasteiger partial charge < -0.3 is 9.47 Å². The second kappa shape index (κ2) is 10.1. The zero-order chi connectivity index (χ0) is 23.5. The van der Waals surface area contributed by atoms with Gasteiger partial charge in [-0.05, 0) is 36.1 Å². The SMILES string of the molecule is CN(C)C(=O)c1ccc(C(c2nncn2Cc2ccccc2)N2CCN(C3CCC3)CC2)cc1. The summed E-state index contributed by atoms with van der Waals surface area (Å²) in [6.45, 7) is 4.91. The first kappa shape index (κ1) is 22.7. The third kappa shape index (κ3) is 4.76. The molecule has 2 fully saturated rings. The van der Waals surface area contributed by atoms with E-state index < -0.39 is 0 Å². The van der Waals surface area contributed by atoms with Crippen molar-refractivity contribution < 1.29 is 4.79 Å². The van der Waals surface area contributed by atoms with Crippen LogP contribution in [-0.2, 0) is 6.54 Å². The van der Waals surface area contributed by atoms with Gasteiger partial charge in [0.05, 0.1) is 12.6 Å². The van der Waals surface area contributed by atoms with Crippen molar-refractivity contribution in [2.45, 2.75) is 37.9 Å². The lowest BCUT2D eigenvalue weighted by Gasteiger charge is -2.44. The molecule has 1 atom stereocenters. The zero-order valence-electron chi connectivity index (χ0n) is 20.2. The second-order valence-corrected chi connectivity index (χ2v) is 9.68. The molecule has 2 aromatic carbocycles. The highest BCUT2D eigenvalue weighted by molar-refractivity contribution is 5.93. The molecule has 7 nitrogen and oxygen atoms in total. The summed E-state index contributed by atoms with van der Waals surface area (Å²) in [5, 5.41) is 8.92. The van der Waals surface area contributed by atoms with Gasteiger partial charge in [0, 0.05) is 51.9 Å². The van der Waals surface area contributed by atoms with Gasteiger partial charge in [-0.3, -0.25) is 14.6 Å². The number of aromatic nitrogens is 3. The van der Waals surface area contributed by atoms with Crippen molar-refractivity contribution in [3.8, 4) is 0 Å². The standard InChI is InChI=1S/C27H34N6O/c1-30(2)27(34)23-13-11-22(12-14-23)25(32-17-15-31(16-18-32)24-9-6-10-24)26-29-28-20-33(26)19-21-7-4-3-5-8-21/h3-5,7-8,11-14,20,24-25H,6,9-10,15-19H2,1-2H3. The molecule has 34 heavy (non-hydrogen) atoms. The van der Waals surface area contributed by atoms with E-state index in [0.29, 0.717) is 5.56 Å². The molecule has 0 N–H and O–H groups in total. The molecule has 0 bridgehead atoms. The highest BCUT2D eigenvalue weighted by atomic mass is 16.2. The predicted octanol–water partition coefficient (Wildman–Crippen LogP) is 3.29. The number of benzene rings is 2. The van der Waals surface area contributed by atoms with E-state index in [1.807, 2.05) is 24.5 Å². The quantitative estimate of drug-likeness (QED) is 0.544. The largest absolute Gasteiger partial charge is 0.345 e. The average Bonchev–Trinajstić information content (AvgIpc) is 3.27. The van der Waals surface area contributed by atoms with Gasteiger partial charge in [0.25, 0.3) is 5.91 Å². The summed E-state index contributed by atoms with van der Waals surface area (Å²) in [7, 11) is 3.57. The fourth-order valence-corrected chi connectivity index (χ4v) is 5.08. The minimum atomic E-state index is -0.00161. The summed E-state index contributed by atoms with van der Waals surface area (Å²) in [5.41, 5.74) is 3.08. The van der Waals surface area contributed by atoms with Crippen molar-refractivity contribution in [3.05, 3.63) is 83.4 Å². The van der Waals surface area contributed by atoms with E-state index in [2.05, 4.69) is 61.0 Å². The van der Waals surface area contributed by atoms with E-state index in [1.165, 1.54) is 24.8 Å². The predicted molar refractivity (Wildman–Crippen MR) is 133 cm³/mol. The maximum Gasteiger partial charge on any atom is 0.253 e. The summed E-state index contributed by atoms with van der Waals surface area (Å²) in [5.74, 6) is 0.970. The minimum Gasteiger partial charge on any atom is -0.345 e. The molecule has 2 aliphatic rings. The van der Waals surface area contributed by atoms with Gasteiger partial charge in [-0.1, -0.05) is 48.9 Å². The number of nitrogens with zero attached hydrogens (tertiary/aromatic N) is 6. The lowest BCUT2D eigenvalue weighted by atomic mass is 9.91. The summed E-state index contributed by atoms with van der Waals surface area (Å²) in [6, 6.07) is 19.3. The third-order valence-electron chi connectivity index (χ3n) is 7.27. The first-order valence-corrected chi connectivity index (χ1v) is 12.3. The number of piperazine rings is 1. The molecule has 2 heterocycles. The number of hydrogen-bond acceptors (Lipinski definition) is 5. The molecular weight excluding hydrogens is 424 g/mol. The topological polar surface area (TPSA) is 57.5 Å². The Morgan fingerprint density at radius 3 is 2.32 bits per heavy atom. The molecule has 5 rings (SSSR count). The van der Waals surface area contributed by atoms with Gasteiger partial charge in [0.15, 0.2) is 5.82 Å². The van der Waals surface area contributed by atoms with Crippen molar-refractivity contribution in [2.24, 2.45) is 0 Å². The summed E-state index contributed by atoms with van der Waals surface area (Å²) in [6.07, 6.45) is 5.89. The summed E-state index contributed by atoms with van der Waals surface area (Å²) >= 11 is 0. The molecule has 0 radical (unpaired) electrons. The van der Waals surface area contributed by atoms with Gasteiger partial charge in [-0.15, -0.1) is 10.2 Å². The van der Waals surface area contributed by atoms with Crippen LogP contribution < -0.4 is 0 Å². The lowest BCUT2D eigenvalue weighted by molar-refractivity contribution is 0.0476. The van der Waals surface area contributed by atoms with E-state index in [4.69, 9.17) is 0 Å². The van der Waals surface area contributed by atoms with Gasteiger partial charge in [0.1, 0.15) is 6.33 Å². The monoisotopic (exact) mass is 458 g/mol. The van der Waals surface area contributed by atoms with Crippen LogP contribution in [0.25, 0.3) is 0 Å². The lowest BCUT2D eigenvalue weighted by Crippen LogP contribution is -2.53. The molecule has 1 aliphatic heterocycles. The molecule has 1 aromatic heterocycles. The minimum absolute atomic E-state index is 0.00161. The summed E-state index contributed by atoms with van der Waals surface area (Å²) < 4.78 is 2.16. The van der Waals surface area contributed by atoms with Crippen LogP contribution in [0.3, 0.4) is 0 Å². The van der Waals surface area contributed by atoms with Crippen LogP contribution in [0.2, 0.25) is 0 Å². The molecule has 7 heteroatoms. The molecule has 3 aromatic rings. The number of hydrogen-bond donors (Lipinski definition) is 0. The normalized spacial score (nSPS) is 18.4. The Hall–Kier alpha value is -3.03. The van der Waals surface area contributed by atoms with Crippen LogP contribution in [-0.4, -0.2) is 81.7 Å². The smallest absolute Gasteiger partial charge is 0.253 e. The Morgan fingerprint density at radius 2 is 1.71 bits per heavy atom. The third-order valence-corrected chi connectivity index (χ3v) is 7.27. The molecule has 178 valence electrons. The molecule has 0 spiro atoms. The van der Waals surface area contributed by atoms with E-state index in [9.17, 15) is 4.79 Å². The van der Waals surface area contributed by atoms with Crippen molar-refractivity contribution >= 4 is 5.91 Å². The maximum atomic E-state index is 12.4. The number of rotatable bonds is 7. The van der Waals surface area contributed by atoms with Crippen LogP contribution >= 0.6 is 0 Å². The highest BCUT2D eigenvalue weighted by Crippen LogP contribution is 2.31. The van der Waals surface area contributed by atoms with E-state index >= 15 is 0 Å². The van der Waals surface area contributed by atoms with Crippen molar-refractivity contribution in [2.75, 3.05) is 40.3 Å². The van der Waals surface area contributed by atoms with Crippen LogP contribution in [0.4, 0.5) is 0 Å². The average molecular weight is 459 g/mol. The van der Waals surface area contributed by atoms with Crippen molar-refractivity contribution in [1.29, 1.82) is 0 Å². The van der Waals surface area contributed by atoms with Crippen LogP contribution in [0.15, 0.2) is 60.9 Å². The Morgan fingerprint density at radius 1 is 1.00 bits per heavy atom. The summed E-state index contributed by atoms with van der Waals surface area (Å²) in [4.78, 5) is 19.2. The van der Waals surface area contributed by atoms with Gasteiger partial charge in [-0.25, -0.2) is 0 Å².